The van der Waals surface area contributed by atoms with Crippen LogP contribution in [0.1, 0.15) is 51.9 Å². The second-order valence-electron chi connectivity index (χ2n) is 3.83. The van der Waals surface area contributed by atoms with Crippen LogP contribution in [0.2, 0.25) is 0 Å². The zero-order chi connectivity index (χ0) is 11.5. The van der Waals surface area contributed by atoms with Crippen LogP contribution in [-0.2, 0) is 4.79 Å². The van der Waals surface area contributed by atoms with Crippen LogP contribution in [-0.4, -0.2) is 22.8 Å². The van der Waals surface area contributed by atoms with E-state index in [2.05, 4.69) is 0 Å². The van der Waals surface area contributed by atoms with Crippen molar-refractivity contribution in [1.29, 1.82) is 0 Å². The van der Waals surface area contributed by atoms with Gasteiger partial charge in [-0.15, -0.1) is 0 Å². The fraction of sp³-hybridized carbons (Fsp3) is 0.750. The molecule has 0 unspecified atom stereocenters. The highest BCUT2D eigenvalue weighted by atomic mass is 16.4. The van der Waals surface area contributed by atoms with Gasteiger partial charge in [0.15, 0.2) is 0 Å². The standard InChI is InChI=1S/C12H22O3/c1-11(12(14)15)9-7-5-3-2-4-6-8-10-13/h9,13H,2-8,10H2,1H3,(H,14,15). The van der Waals surface area contributed by atoms with Crippen molar-refractivity contribution in [3.63, 3.8) is 0 Å². The summed E-state index contributed by atoms with van der Waals surface area (Å²) >= 11 is 0. The van der Waals surface area contributed by atoms with E-state index in [0.29, 0.717) is 12.2 Å². The fourth-order valence-corrected chi connectivity index (χ4v) is 1.37. The highest BCUT2D eigenvalue weighted by Crippen LogP contribution is 2.08. The van der Waals surface area contributed by atoms with Crippen LogP contribution in [0.25, 0.3) is 0 Å². The molecule has 0 fully saturated rings. The van der Waals surface area contributed by atoms with E-state index in [-0.39, 0.29) is 0 Å². The smallest absolute Gasteiger partial charge is 0.330 e. The Labute approximate surface area is 91.8 Å². The maximum atomic E-state index is 10.4. The number of hydrogen-bond acceptors (Lipinski definition) is 2. The minimum absolute atomic E-state index is 0.292. The number of aliphatic hydroxyl groups excluding tert-OH is 1. The number of aliphatic carboxylic acids is 1. The van der Waals surface area contributed by atoms with Crippen molar-refractivity contribution >= 4 is 5.97 Å². The predicted molar refractivity (Wildman–Crippen MR) is 60.8 cm³/mol. The summed E-state index contributed by atoms with van der Waals surface area (Å²) in [7, 11) is 0. The third kappa shape index (κ3) is 9.47. The van der Waals surface area contributed by atoms with Crippen molar-refractivity contribution in [2.45, 2.75) is 51.9 Å². The van der Waals surface area contributed by atoms with Crippen LogP contribution in [0.4, 0.5) is 0 Å². The first-order chi connectivity index (χ1) is 7.18. The van der Waals surface area contributed by atoms with Crippen molar-refractivity contribution in [1.82, 2.24) is 0 Å². The highest BCUT2D eigenvalue weighted by molar-refractivity contribution is 5.85. The Balaban J connectivity index is 3.25. The number of carboxylic acids is 1. The van der Waals surface area contributed by atoms with E-state index in [1.807, 2.05) is 0 Å². The summed E-state index contributed by atoms with van der Waals surface area (Å²) in [6, 6.07) is 0. The van der Waals surface area contributed by atoms with Gasteiger partial charge in [-0.2, -0.15) is 0 Å². The highest BCUT2D eigenvalue weighted by Gasteiger charge is 1.97. The van der Waals surface area contributed by atoms with Crippen molar-refractivity contribution in [3.05, 3.63) is 11.6 Å². The molecular formula is C12H22O3. The number of hydrogen-bond donors (Lipinski definition) is 2. The van der Waals surface area contributed by atoms with Gasteiger partial charge in [0.1, 0.15) is 0 Å². The van der Waals surface area contributed by atoms with Crippen LogP contribution >= 0.6 is 0 Å². The number of carboxylic acid groups (broad SMARTS) is 1. The molecule has 0 rings (SSSR count). The second-order valence-corrected chi connectivity index (χ2v) is 3.83. The Kier molecular flexibility index (Phi) is 9.18. The maximum absolute atomic E-state index is 10.4. The van der Waals surface area contributed by atoms with Gasteiger partial charge in [-0.3, -0.25) is 0 Å². The van der Waals surface area contributed by atoms with Crippen LogP contribution < -0.4 is 0 Å². The molecule has 15 heavy (non-hydrogen) atoms. The molecule has 0 aliphatic carbocycles. The van der Waals surface area contributed by atoms with E-state index in [0.717, 1.165) is 32.1 Å². The molecular weight excluding hydrogens is 192 g/mol. The molecule has 3 heteroatoms. The minimum atomic E-state index is -0.821. The largest absolute Gasteiger partial charge is 0.478 e. The Hall–Kier alpha value is -0.830. The summed E-state index contributed by atoms with van der Waals surface area (Å²) in [6.07, 6.45) is 9.20. The molecule has 0 radical (unpaired) electrons. The maximum Gasteiger partial charge on any atom is 0.330 e. The number of allylic oxidation sites excluding steroid dienone is 1. The van der Waals surface area contributed by atoms with Gasteiger partial charge >= 0.3 is 5.97 Å². The Bertz CT molecular complexity index is 197. The lowest BCUT2D eigenvalue weighted by molar-refractivity contribution is -0.132. The number of aliphatic hydroxyl groups is 1. The molecule has 0 saturated carbocycles. The molecule has 0 atom stereocenters. The van der Waals surface area contributed by atoms with Gasteiger partial charge < -0.3 is 10.2 Å². The summed E-state index contributed by atoms with van der Waals surface area (Å²) < 4.78 is 0. The number of carbonyl (C=O) groups is 1. The Morgan fingerprint density at radius 1 is 1.07 bits per heavy atom. The molecule has 0 aromatic rings. The molecule has 0 aromatic carbocycles. The molecule has 0 amide bonds. The van der Waals surface area contributed by atoms with E-state index >= 15 is 0 Å². The van der Waals surface area contributed by atoms with Gasteiger partial charge in [0.2, 0.25) is 0 Å². The predicted octanol–water partition coefficient (Wildman–Crippen LogP) is 2.74. The molecule has 0 aliphatic rings. The molecule has 3 nitrogen and oxygen atoms in total. The number of rotatable bonds is 9. The van der Waals surface area contributed by atoms with E-state index in [4.69, 9.17) is 10.2 Å². The van der Waals surface area contributed by atoms with Gasteiger partial charge in [0.25, 0.3) is 0 Å². The average molecular weight is 214 g/mol. The molecule has 0 spiro atoms. The van der Waals surface area contributed by atoms with Crippen LogP contribution in [0.15, 0.2) is 11.6 Å². The third-order valence-corrected chi connectivity index (χ3v) is 2.40. The van der Waals surface area contributed by atoms with Crippen molar-refractivity contribution in [2.75, 3.05) is 6.61 Å². The topological polar surface area (TPSA) is 57.5 Å². The average Bonchev–Trinajstić information content (AvgIpc) is 2.21. The van der Waals surface area contributed by atoms with Gasteiger partial charge in [-0.25, -0.2) is 4.79 Å². The molecule has 0 aliphatic heterocycles. The zero-order valence-electron chi connectivity index (χ0n) is 9.54. The first-order valence-corrected chi connectivity index (χ1v) is 5.69. The van der Waals surface area contributed by atoms with Crippen LogP contribution in [0.3, 0.4) is 0 Å². The lowest BCUT2D eigenvalue weighted by Gasteiger charge is -1.99. The van der Waals surface area contributed by atoms with Gasteiger partial charge in [0, 0.05) is 12.2 Å². The summed E-state index contributed by atoms with van der Waals surface area (Å²) in [5.74, 6) is -0.821. The first-order valence-electron chi connectivity index (χ1n) is 5.69. The van der Waals surface area contributed by atoms with Crippen molar-refractivity contribution < 1.29 is 15.0 Å². The van der Waals surface area contributed by atoms with E-state index < -0.39 is 5.97 Å². The fourth-order valence-electron chi connectivity index (χ4n) is 1.37. The summed E-state index contributed by atoms with van der Waals surface area (Å²) in [6.45, 7) is 1.92. The molecule has 88 valence electrons. The van der Waals surface area contributed by atoms with E-state index in [1.165, 1.54) is 12.8 Å². The van der Waals surface area contributed by atoms with Crippen LogP contribution in [0, 0.1) is 0 Å². The summed E-state index contributed by atoms with van der Waals surface area (Å²) in [5, 5.41) is 17.1. The quantitative estimate of drug-likeness (QED) is 0.458. The van der Waals surface area contributed by atoms with E-state index in [9.17, 15) is 4.79 Å². The van der Waals surface area contributed by atoms with E-state index in [1.54, 1.807) is 13.0 Å². The third-order valence-electron chi connectivity index (χ3n) is 2.40. The molecule has 0 saturated heterocycles. The lowest BCUT2D eigenvalue weighted by Crippen LogP contribution is -1.95. The van der Waals surface area contributed by atoms with Gasteiger partial charge in [-0.1, -0.05) is 31.8 Å². The minimum Gasteiger partial charge on any atom is -0.478 e. The van der Waals surface area contributed by atoms with Gasteiger partial charge in [-0.05, 0) is 26.2 Å². The normalized spacial score (nSPS) is 11.7. The van der Waals surface area contributed by atoms with Crippen molar-refractivity contribution in [3.8, 4) is 0 Å². The Morgan fingerprint density at radius 2 is 1.60 bits per heavy atom. The van der Waals surface area contributed by atoms with Crippen LogP contribution in [0.5, 0.6) is 0 Å². The van der Waals surface area contributed by atoms with Crippen molar-refractivity contribution in [2.24, 2.45) is 0 Å². The first kappa shape index (κ1) is 14.2. The lowest BCUT2D eigenvalue weighted by atomic mass is 10.1. The molecule has 0 bridgehead atoms. The molecule has 0 aromatic heterocycles. The second kappa shape index (κ2) is 9.71. The summed E-state index contributed by atoms with van der Waals surface area (Å²) in [5.41, 5.74) is 0.440. The van der Waals surface area contributed by atoms with Gasteiger partial charge in [0.05, 0.1) is 0 Å². The monoisotopic (exact) mass is 214 g/mol. The molecule has 0 heterocycles. The number of unbranched alkanes of at least 4 members (excludes halogenated alkanes) is 6. The summed E-state index contributed by atoms with van der Waals surface area (Å²) in [4.78, 5) is 10.4. The SMILES string of the molecule is CC(=CCCCCCCCCO)C(=O)O. The molecule has 2 N–H and O–H groups in total. The Morgan fingerprint density at radius 3 is 2.13 bits per heavy atom. The zero-order valence-corrected chi connectivity index (χ0v) is 9.54.